The molecule has 8 heteroatoms. The van der Waals surface area contributed by atoms with Gasteiger partial charge in [0.05, 0.1) is 17.9 Å². The van der Waals surface area contributed by atoms with E-state index in [0.717, 1.165) is 29.8 Å². The monoisotopic (exact) mass is 346 g/mol. The van der Waals surface area contributed by atoms with Gasteiger partial charge in [-0.15, -0.1) is 0 Å². The number of amides is 2. The van der Waals surface area contributed by atoms with E-state index in [1.807, 2.05) is 38.8 Å². The van der Waals surface area contributed by atoms with E-state index in [0.29, 0.717) is 13.2 Å². The Hall–Kier alpha value is -2.35. The molecule has 1 aliphatic heterocycles. The summed E-state index contributed by atoms with van der Waals surface area (Å²) in [6.07, 6.45) is 5.15. The Morgan fingerprint density at radius 2 is 2.20 bits per heavy atom. The molecule has 0 radical (unpaired) electrons. The van der Waals surface area contributed by atoms with Gasteiger partial charge in [0.25, 0.3) is 0 Å². The van der Waals surface area contributed by atoms with Crippen LogP contribution in [0.3, 0.4) is 0 Å². The first kappa shape index (κ1) is 17.5. The highest BCUT2D eigenvalue weighted by Crippen LogP contribution is 2.28. The topological polar surface area (TPSA) is 86.0 Å². The minimum atomic E-state index is -0.163. The number of hydrogen-bond donors (Lipinski definition) is 2. The van der Waals surface area contributed by atoms with Gasteiger partial charge in [-0.2, -0.15) is 10.2 Å². The molecule has 0 unspecified atom stereocenters. The summed E-state index contributed by atoms with van der Waals surface area (Å²) in [4.78, 5) is 12.2. The molecule has 0 spiro atoms. The average Bonchev–Trinajstić information content (AvgIpc) is 3.24. The van der Waals surface area contributed by atoms with E-state index in [1.165, 1.54) is 5.56 Å². The minimum absolute atomic E-state index is 0.0361. The Labute approximate surface area is 147 Å². The molecule has 0 aliphatic carbocycles. The van der Waals surface area contributed by atoms with Crippen LogP contribution >= 0.6 is 0 Å². The second-order valence-electron chi connectivity index (χ2n) is 6.56. The Balaban J connectivity index is 1.50. The van der Waals surface area contributed by atoms with Gasteiger partial charge in [-0.1, -0.05) is 0 Å². The number of urea groups is 1. The summed E-state index contributed by atoms with van der Waals surface area (Å²) in [5.74, 6) is 0. The molecular formula is C17H26N6O2. The molecule has 1 fully saturated rings. The van der Waals surface area contributed by atoms with Gasteiger partial charge in [0.2, 0.25) is 0 Å². The third kappa shape index (κ3) is 3.84. The van der Waals surface area contributed by atoms with Crippen LogP contribution in [0, 0.1) is 13.8 Å². The van der Waals surface area contributed by atoms with Crippen molar-refractivity contribution < 1.29 is 9.53 Å². The molecule has 1 saturated heterocycles. The van der Waals surface area contributed by atoms with Gasteiger partial charge in [-0.3, -0.25) is 9.36 Å². The normalized spacial score (nSPS) is 20.0. The number of carbonyl (C=O) groups is 1. The second-order valence-corrected chi connectivity index (χ2v) is 6.56. The number of nitrogens with zero attached hydrogens (tertiary/aromatic N) is 4. The fourth-order valence-corrected chi connectivity index (χ4v) is 3.35. The zero-order valence-electron chi connectivity index (χ0n) is 15.2. The summed E-state index contributed by atoms with van der Waals surface area (Å²) < 4.78 is 9.38. The molecule has 2 aromatic heterocycles. The smallest absolute Gasteiger partial charge is 0.315 e. The predicted octanol–water partition coefficient (Wildman–Crippen LogP) is 1.14. The summed E-state index contributed by atoms with van der Waals surface area (Å²) >= 11 is 0. The lowest BCUT2D eigenvalue weighted by atomic mass is 10.1. The van der Waals surface area contributed by atoms with E-state index in [4.69, 9.17) is 4.74 Å². The summed E-state index contributed by atoms with van der Waals surface area (Å²) in [5.41, 5.74) is 4.34. The summed E-state index contributed by atoms with van der Waals surface area (Å²) in [6, 6.07) is -0.199. The van der Waals surface area contributed by atoms with Gasteiger partial charge < -0.3 is 15.4 Å². The van der Waals surface area contributed by atoms with E-state index in [1.54, 1.807) is 10.9 Å². The largest absolute Gasteiger partial charge is 0.371 e. The molecule has 136 valence electrons. The highest BCUT2D eigenvalue weighted by molar-refractivity contribution is 5.74. The zero-order valence-corrected chi connectivity index (χ0v) is 15.2. The molecule has 8 nitrogen and oxygen atoms in total. The first-order chi connectivity index (χ1) is 12.0. The van der Waals surface area contributed by atoms with Crippen molar-refractivity contribution in [2.24, 2.45) is 14.1 Å². The van der Waals surface area contributed by atoms with Crippen LogP contribution in [0.5, 0.6) is 0 Å². The quantitative estimate of drug-likeness (QED) is 0.850. The molecule has 2 amide bonds. The molecule has 3 heterocycles. The molecule has 0 bridgehead atoms. The molecule has 0 aromatic carbocycles. The van der Waals surface area contributed by atoms with E-state index in [-0.39, 0.29) is 18.2 Å². The molecule has 3 rings (SSSR count). The van der Waals surface area contributed by atoms with Crippen LogP contribution in [0.1, 0.15) is 35.0 Å². The maximum Gasteiger partial charge on any atom is 0.315 e. The van der Waals surface area contributed by atoms with Gasteiger partial charge in [-0.05, 0) is 32.3 Å². The van der Waals surface area contributed by atoms with E-state index >= 15 is 0 Å². The number of aryl methyl sites for hydroxylation is 3. The van der Waals surface area contributed by atoms with E-state index < -0.39 is 0 Å². The first-order valence-electron chi connectivity index (χ1n) is 8.59. The van der Waals surface area contributed by atoms with Crippen LogP contribution in [0.4, 0.5) is 4.79 Å². The SMILES string of the molecule is Cc1nn(C)c(C)c1CCNC(=O)N[C@H]1CCO[C@@H]1c1cnn(C)c1. The maximum absolute atomic E-state index is 12.2. The number of ether oxygens (including phenoxy) is 1. The number of carbonyl (C=O) groups excluding carboxylic acids is 1. The van der Waals surface area contributed by atoms with Crippen molar-refractivity contribution in [3.05, 3.63) is 34.9 Å². The van der Waals surface area contributed by atoms with Crippen LogP contribution in [-0.2, 0) is 25.3 Å². The lowest BCUT2D eigenvalue weighted by Crippen LogP contribution is -2.43. The fourth-order valence-electron chi connectivity index (χ4n) is 3.35. The highest BCUT2D eigenvalue weighted by atomic mass is 16.5. The van der Waals surface area contributed by atoms with Gasteiger partial charge in [0.15, 0.2) is 0 Å². The third-order valence-electron chi connectivity index (χ3n) is 4.78. The Kier molecular flexibility index (Phi) is 5.08. The number of nitrogens with one attached hydrogen (secondary N) is 2. The lowest BCUT2D eigenvalue weighted by molar-refractivity contribution is 0.0999. The molecule has 25 heavy (non-hydrogen) atoms. The van der Waals surface area contributed by atoms with Crippen molar-refractivity contribution in [2.45, 2.75) is 38.8 Å². The van der Waals surface area contributed by atoms with Crippen molar-refractivity contribution in [1.29, 1.82) is 0 Å². The minimum Gasteiger partial charge on any atom is -0.371 e. The van der Waals surface area contributed by atoms with Gasteiger partial charge in [0.1, 0.15) is 6.10 Å². The zero-order chi connectivity index (χ0) is 18.0. The van der Waals surface area contributed by atoms with Crippen LogP contribution in [0.15, 0.2) is 12.4 Å². The number of hydrogen-bond acceptors (Lipinski definition) is 4. The van der Waals surface area contributed by atoms with Crippen LogP contribution in [0.2, 0.25) is 0 Å². The van der Waals surface area contributed by atoms with Crippen LogP contribution < -0.4 is 10.6 Å². The molecule has 2 atom stereocenters. The van der Waals surface area contributed by atoms with Crippen molar-refractivity contribution in [2.75, 3.05) is 13.2 Å². The third-order valence-corrected chi connectivity index (χ3v) is 4.78. The van der Waals surface area contributed by atoms with Gasteiger partial charge in [-0.25, -0.2) is 4.79 Å². The molecule has 2 aromatic rings. The second kappa shape index (κ2) is 7.26. The molecule has 0 saturated carbocycles. The van der Waals surface area contributed by atoms with Gasteiger partial charge >= 0.3 is 6.03 Å². The Morgan fingerprint density at radius 1 is 1.40 bits per heavy atom. The molecule has 1 aliphatic rings. The predicted molar refractivity (Wildman–Crippen MR) is 93.2 cm³/mol. The van der Waals surface area contributed by atoms with Gasteiger partial charge in [0, 0.05) is 44.7 Å². The number of aromatic nitrogens is 4. The van der Waals surface area contributed by atoms with Crippen molar-refractivity contribution in [1.82, 2.24) is 30.2 Å². The Bertz CT molecular complexity index is 750. The Morgan fingerprint density at radius 3 is 2.84 bits per heavy atom. The summed E-state index contributed by atoms with van der Waals surface area (Å²) in [5, 5.41) is 14.5. The lowest BCUT2D eigenvalue weighted by Gasteiger charge is -2.19. The first-order valence-corrected chi connectivity index (χ1v) is 8.59. The summed E-state index contributed by atoms with van der Waals surface area (Å²) in [6.45, 7) is 5.25. The van der Waals surface area contributed by atoms with Crippen molar-refractivity contribution >= 4 is 6.03 Å². The van der Waals surface area contributed by atoms with Crippen molar-refractivity contribution in [3.63, 3.8) is 0 Å². The number of rotatable bonds is 5. The molecular weight excluding hydrogens is 320 g/mol. The summed E-state index contributed by atoms with van der Waals surface area (Å²) in [7, 11) is 3.81. The highest BCUT2D eigenvalue weighted by Gasteiger charge is 2.31. The molecule has 2 N–H and O–H groups in total. The van der Waals surface area contributed by atoms with Crippen LogP contribution in [0.25, 0.3) is 0 Å². The van der Waals surface area contributed by atoms with Crippen molar-refractivity contribution in [3.8, 4) is 0 Å². The van der Waals surface area contributed by atoms with E-state index in [9.17, 15) is 4.79 Å². The van der Waals surface area contributed by atoms with E-state index in [2.05, 4.69) is 20.8 Å². The fraction of sp³-hybridized carbons (Fsp3) is 0.588. The standard InChI is InChI=1S/C17H26N6O2/c1-11-14(12(2)23(4)21-11)5-7-18-17(24)20-15-6-8-25-16(15)13-9-19-22(3)10-13/h9-10,15-16H,5-8H2,1-4H3,(H2,18,20,24)/t15-,16+/m0/s1. The van der Waals surface area contributed by atoms with Crippen LogP contribution in [-0.4, -0.2) is 44.8 Å². The maximum atomic E-state index is 12.2. The average molecular weight is 346 g/mol.